The van der Waals surface area contributed by atoms with Gasteiger partial charge in [-0.15, -0.1) is 0 Å². The molecular weight excluding hydrogens is 468 g/mol. The molecule has 0 N–H and O–H groups in total. The molecule has 7 atom stereocenters. The fourth-order valence-corrected chi connectivity index (χ4v) is 7.48. The first-order valence-electron chi connectivity index (χ1n) is 10.7. The van der Waals surface area contributed by atoms with E-state index in [2.05, 4.69) is 56.7 Å². The van der Waals surface area contributed by atoms with E-state index in [0.29, 0.717) is 19.6 Å². The monoisotopic (exact) mass is 500 g/mol. The molecule has 1 saturated carbocycles. The average Bonchev–Trinajstić information content (AvgIpc) is 2.65. The van der Waals surface area contributed by atoms with Crippen LogP contribution in [0.15, 0.2) is 11.6 Å². The summed E-state index contributed by atoms with van der Waals surface area (Å²) in [4.78, 5) is 25.8. The average molecular weight is 501 g/mol. The number of fused-ring (bicyclic) bond motifs is 1. The van der Waals surface area contributed by atoms with Crippen LogP contribution >= 0.6 is 15.9 Å². The van der Waals surface area contributed by atoms with Gasteiger partial charge in [-0.1, -0.05) is 49.7 Å². The van der Waals surface area contributed by atoms with Crippen LogP contribution in [0.4, 0.5) is 0 Å². The maximum absolute atomic E-state index is 12.9. The molecule has 0 amide bonds. The van der Waals surface area contributed by atoms with Gasteiger partial charge in [0.25, 0.3) is 0 Å². The minimum absolute atomic E-state index is 0.0539. The molecule has 5 rings (SSSR count). The molecule has 3 saturated heterocycles. The van der Waals surface area contributed by atoms with Crippen molar-refractivity contribution in [2.45, 2.75) is 68.8 Å². The van der Waals surface area contributed by atoms with Gasteiger partial charge in [-0.3, -0.25) is 9.59 Å². The van der Waals surface area contributed by atoms with E-state index in [4.69, 9.17) is 18.6 Å². The molecule has 4 fully saturated rings. The van der Waals surface area contributed by atoms with Gasteiger partial charge in [0.1, 0.15) is 6.10 Å². The highest BCUT2D eigenvalue weighted by molar-refractivity contribution is 9.10. The summed E-state index contributed by atoms with van der Waals surface area (Å²) >= 11 is 3.76. The number of hydrogen-bond donors (Lipinski definition) is 0. The van der Waals surface area contributed by atoms with Gasteiger partial charge in [-0.2, -0.15) is 0 Å². The Kier molecular flexibility index (Phi) is 5.17. The largest absolute Gasteiger partial charge is 0.469 e. The Morgan fingerprint density at radius 2 is 2.03 bits per heavy atom. The van der Waals surface area contributed by atoms with Gasteiger partial charge in [0.15, 0.2) is 12.6 Å². The van der Waals surface area contributed by atoms with Gasteiger partial charge in [-0.25, -0.2) is 0 Å². The lowest BCUT2D eigenvalue weighted by atomic mass is 9.51. The second-order valence-electron chi connectivity index (χ2n) is 11.0. The zero-order valence-corrected chi connectivity index (χ0v) is 21.5. The molecule has 3 heterocycles. The van der Waals surface area contributed by atoms with E-state index < -0.39 is 24.0 Å². The van der Waals surface area contributed by atoms with Gasteiger partial charge in [0.2, 0.25) is 0 Å². The lowest BCUT2D eigenvalue weighted by molar-refractivity contribution is -0.211. The van der Waals surface area contributed by atoms with E-state index in [9.17, 15) is 9.59 Å². The molecule has 5 aliphatic rings. The summed E-state index contributed by atoms with van der Waals surface area (Å²) in [6, 6.07) is 0. The Bertz CT molecular complexity index is 804. The number of carbonyl (C=O) groups excluding carboxylic acids is 2. The van der Waals surface area contributed by atoms with E-state index in [1.807, 2.05) is 6.08 Å². The van der Waals surface area contributed by atoms with Crippen LogP contribution in [0.25, 0.3) is 0 Å². The zero-order valence-electron chi connectivity index (χ0n) is 18.9. The number of halogens is 1. The SMILES string of the molecule is COC(=O)[C@H]1C=C2[C@@H]3C[C@@H]4OCC([C@H]2[C@]4(Br)C(=O)O3)[C@]1(C)CO[Si](C)(C)C(C)(C)C. The number of esters is 2. The van der Waals surface area contributed by atoms with Crippen molar-refractivity contribution in [1.29, 1.82) is 0 Å². The van der Waals surface area contributed by atoms with Crippen LogP contribution < -0.4 is 0 Å². The Hall–Kier alpha value is -0.703. The third kappa shape index (κ3) is 2.93. The van der Waals surface area contributed by atoms with Crippen molar-refractivity contribution in [2.75, 3.05) is 20.3 Å². The number of carbonyl (C=O) groups is 2. The third-order valence-corrected chi connectivity index (χ3v) is 14.2. The van der Waals surface area contributed by atoms with Crippen molar-refractivity contribution in [3.8, 4) is 0 Å². The van der Waals surface area contributed by atoms with E-state index >= 15 is 0 Å². The fourth-order valence-electron chi connectivity index (χ4n) is 5.38. The number of hydrogen-bond acceptors (Lipinski definition) is 6. The molecule has 6 nitrogen and oxygen atoms in total. The minimum atomic E-state index is -2.05. The van der Waals surface area contributed by atoms with Crippen LogP contribution in [0.3, 0.4) is 0 Å². The number of methoxy groups -OCH3 is 1. The summed E-state index contributed by atoms with van der Waals surface area (Å²) < 4.78 is 22.9. The van der Waals surface area contributed by atoms with Gasteiger partial charge in [-0.05, 0) is 29.6 Å². The summed E-state index contributed by atoms with van der Waals surface area (Å²) in [5.41, 5.74) is 0.483. The van der Waals surface area contributed by atoms with Crippen molar-refractivity contribution >= 4 is 36.2 Å². The molecule has 168 valence electrons. The third-order valence-electron chi connectivity index (χ3n) is 8.44. The molecule has 0 aromatic rings. The van der Waals surface area contributed by atoms with Crippen molar-refractivity contribution in [2.24, 2.45) is 23.2 Å². The molecule has 2 aliphatic carbocycles. The molecule has 1 unspecified atom stereocenters. The number of ether oxygens (including phenoxy) is 3. The molecule has 30 heavy (non-hydrogen) atoms. The summed E-state index contributed by atoms with van der Waals surface area (Å²) in [7, 11) is -0.624. The number of alkyl halides is 1. The summed E-state index contributed by atoms with van der Waals surface area (Å²) in [6.45, 7) is 14.0. The van der Waals surface area contributed by atoms with Crippen molar-refractivity contribution in [3.63, 3.8) is 0 Å². The van der Waals surface area contributed by atoms with Gasteiger partial charge < -0.3 is 18.6 Å². The smallest absolute Gasteiger partial charge is 0.326 e. The first kappa shape index (κ1) is 22.5. The van der Waals surface area contributed by atoms with Gasteiger partial charge in [0.05, 0.1) is 25.7 Å². The normalized spacial score (nSPS) is 42.5. The van der Waals surface area contributed by atoms with E-state index in [1.165, 1.54) is 7.11 Å². The first-order chi connectivity index (χ1) is 13.8. The topological polar surface area (TPSA) is 71.1 Å². The minimum Gasteiger partial charge on any atom is -0.469 e. The highest BCUT2D eigenvalue weighted by atomic mass is 79.9. The van der Waals surface area contributed by atoms with Crippen LogP contribution in [0, 0.1) is 23.2 Å². The lowest BCUT2D eigenvalue weighted by Crippen LogP contribution is -2.72. The van der Waals surface area contributed by atoms with Crippen LogP contribution in [0.1, 0.15) is 34.1 Å². The van der Waals surface area contributed by atoms with Crippen molar-refractivity contribution in [3.05, 3.63) is 11.6 Å². The van der Waals surface area contributed by atoms with E-state index in [-0.39, 0.29) is 41.0 Å². The summed E-state index contributed by atoms with van der Waals surface area (Å²) in [6.07, 6.45) is 2.10. The quantitative estimate of drug-likeness (QED) is 0.252. The number of rotatable bonds is 4. The second-order valence-corrected chi connectivity index (χ2v) is 17.1. The first-order valence-corrected chi connectivity index (χ1v) is 14.4. The highest BCUT2D eigenvalue weighted by Gasteiger charge is 2.71. The molecule has 0 aromatic carbocycles. The molecule has 4 bridgehead atoms. The Morgan fingerprint density at radius 3 is 2.63 bits per heavy atom. The van der Waals surface area contributed by atoms with Crippen LogP contribution in [0.5, 0.6) is 0 Å². The zero-order chi connectivity index (χ0) is 22.3. The van der Waals surface area contributed by atoms with Crippen molar-refractivity contribution < 1.29 is 28.2 Å². The second kappa shape index (κ2) is 6.90. The van der Waals surface area contributed by atoms with Crippen molar-refractivity contribution in [1.82, 2.24) is 0 Å². The lowest BCUT2D eigenvalue weighted by Gasteiger charge is -2.63. The van der Waals surface area contributed by atoms with Crippen LogP contribution in [-0.2, 0) is 28.2 Å². The Morgan fingerprint density at radius 1 is 1.37 bits per heavy atom. The Balaban J connectivity index is 1.78. The molecular formula is C22H33BrO6Si. The summed E-state index contributed by atoms with van der Waals surface area (Å²) in [5.74, 6) is -1.12. The molecule has 0 aromatic heterocycles. The van der Waals surface area contributed by atoms with E-state index in [0.717, 1.165) is 5.57 Å². The predicted molar refractivity (Wildman–Crippen MR) is 118 cm³/mol. The molecule has 0 radical (unpaired) electrons. The van der Waals surface area contributed by atoms with Gasteiger partial charge in [0, 0.05) is 24.4 Å². The standard InChI is InChI=1S/C22H33BrO6Si/c1-20(2,3)30(6,7)28-11-21(4)13(18(24)26-5)8-12-15-9-16-22(23,19(25)29-15)17(12)14(21)10-27-16/h8,13-17H,9-11H2,1-7H3/t13-,14?,15+,16+,17+,21-,22+/m1/s1. The molecule has 0 spiro atoms. The maximum atomic E-state index is 12.9. The fraction of sp³-hybridized carbons (Fsp3) is 0.818. The summed E-state index contributed by atoms with van der Waals surface area (Å²) in [5, 5.41) is 0.0539. The molecule has 3 aliphatic heterocycles. The maximum Gasteiger partial charge on any atom is 0.326 e. The van der Waals surface area contributed by atoms with Crippen LogP contribution in [-0.4, -0.2) is 57.1 Å². The van der Waals surface area contributed by atoms with E-state index in [1.54, 1.807) is 0 Å². The van der Waals surface area contributed by atoms with Gasteiger partial charge >= 0.3 is 11.9 Å². The van der Waals surface area contributed by atoms with Crippen LogP contribution in [0.2, 0.25) is 18.1 Å². The molecule has 8 heteroatoms. The predicted octanol–water partition coefficient (Wildman–Crippen LogP) is 3.84. The highest BCUT2D eigenvalue weighted by Crippen LogP contribution is 2.63. The Labute approximate surface area is 188 Å².